The summed E-state index contributed by atoms with van der Waals surface area (Å²) < 4.78 is 16.4. The number of amides is 2. The zero-order valence-corrected chi connectivity index (χ0v) is 12.5. The molecule has 1 heterocycles. The van der Waals surface area contributed by atoms with Crippen LogP contribution in [0.4, 0.5) is 10.5 Å². The van der Waals surface area contributed by atoms with Crippen molar-refractivity contribution in [3.05, 3.63) is 18.2 Å². The maximum absolute atomic E-state index is 11.9. The quantitative estimate of drug-likeness (QED) is 0.846. The van der Waals surface area contributed by atoms with Crippen LogP contribution in [0, 0.1) is 0 Å². The molecule has 21 heavy (non-hydrogen) atoms. The molecule has 6 nitrogen and oxygen atoms in total. The molecule has 1 aromatic rings. The first-order valence-corrected chi connectivity index (χ1v) is 7.31. The number of rotatable bonds is 6. The van der Waals surface area contributed by atoms with Crippen molar-refractivity contribution in [2.75, 3.05) is 25.1 Å². The molecule has 0 spiro atoms. The zero-order valence-electron chi connectivity index (χ0n) is 12.5. The number of anilines is 1. The van der Waals surface area contributed by atoms with Crippen LogP contribution in [0.25, 0.3) is 0 Å². The van der Waals surface area contributed by atoms with Crippen LogP contribution in [0.3, 0.4) is 0 Å². The molecule has 1 aliphatic rings. The average molecular weight is 294 g/mol. The van der Waals surface area contributed by atoms with Crippen LogP contribution in [-0.2, 0) is 4.74 Å². The van der Waals surface area contributed by atoms with E-state index in [0.717, 1.165) is 12.8 Å². The monoisotopic (exact) mass is 294 g/mol. The van der Waals surface area contributed by atoms with E-state index in [0.29, 0.717) is 37.0 Å². The van der Waals surface area contributed by atoms with Gasteiger partial charge in [0.2, 0.25) is 0 Å². The molecule has 0 aliphatic carbocycles. The Kier molecular flexibility index (Phi) is 5.68. The molecule has 0 saturated carbocycles. The molecule has 0 aromatic heterocycles. The van der Waals surface area contributed by atoms with Crippen LogP contribution in [0.5, 0.6) is 11.5 Å². The first kappa shape index (κ1) is 15.4. The lowest BCUT2D eigenvalue weighted by Crippen LogP contribution is -2.37. The maximum atomic E-state index is 11.9. The molecule has 2 rings (SSSR count). The smallest absolute Gasteiger partial charge is 0.321 e. The molecule has 2 amide bonds. The normalized spacial score (nSPS) is 17.3. The number of urea groups is 1. The van der Waals surface area contributed by atoms with Crippen molar-refractivity contribution < 1.29 is 19.0 Å². The number of hydrogen-bond acceptors (Lipinski definition) is 4. The fourth-order valence-corrected chi connectivity index (χ4v) is 2.13. The first-order chi connectivity index (χ1) is 10.2. The number of benzene rings is 1. The summed E-state index contributed by atoms with van der Waals surface area (Å²) in [6.07, 6.45) is 1.63. The second-order valence-electron chi connectivity index (χ2n) is 4.63. The van der Waals surface area contributed by atoms with E-state index in [9.17, 15) is 4.79 Å². The summed E-state index contributed by atoms with van der Waals surface area (Å²) in [6, 6.07) is 5.04. The first-order valence-electron chi connectivity index (χ1n) is 7.31. The highest BCUT2D eigenvalue weighted by Crippen LogP contribution is 2.30. The highest BCUT2D eigenvalue weighted by molar-refractivity contribution is 5.89. The molecule has 0 radical (unpaired) electrons. The van der Waals surface area contributed by atoms with Gasteiger partial charge in [-0.1, -0.05) is 0 Å². The Bertz CT molecular complexity index is 473. The molecule has 1 aromatic carbocycles. The average Bonchev–Trinajstić information content (AvgIpc) is 2.95. The molecule has 0 bridgehead atoms. The fourth-order valence-electron chi connectivity index (χ4n) is 2.13. The molecular weight excluding hydrogens is 272 g/mol. The topological polar surface area (TPSA) is 68.8 Å². The van der Waals surface area contributed by atoms with E-state index in [4.69, 9.17) is 14.2 Å². The molecule has 6 heteroatoms. The van der Waals surface area contributed by atoms with Gasteiger partial charge in [0.1, 0.15) is 6.23 Å². The third-order valence-electron chi connectivity index (χ3n) is 3.02. The number of nitrogens with one attached hydrogen (secondary N) is 2. The minimum atomic E-state index is -0.284. The molecule has 1 fully saturated rings. The van der Waals surface area contributed by atoms with Crippen molar-refractivity contribution in [3.63, 3.8) is 0 Å². The van der Waals surface area contributed by atoms with E-state index < -0.39 is 0 Å². The van der Waals surface area contributed by atoms with Crippen LogP contribution in [0.1, 0.15) is 26.7 Å². The van der Waals surface area contributed by atoms with E-state index in [1.165, 1.54) is 0 Å². The summed E-state index contributed by atoms with van der Waals surface area (Å²) >= 11 is 0. The molecule has 116 valence electrons. The highest BCUT2D eigenvalue weighted by atomic mass is 16.5. The van der Waals surface area contributed by atoms with Gasteiger partial charge < -0.3 is 24.8 Å². The minimum absolute atomic E-state index is 0.195. The Labute approximate surface area is 124 Å². The maximum Gasteiger partial charge on any atom is 0.321 e. The fraction of sp³-hybridized carbons (Fsp3) is 0.533. The highest BCUT2D eigenvalue weighted by Gasteiger charge is 2.17. The predicted octanol–water partition coefficient (Wildman–Crippen LogP) is 2.74. The van der Waals surface area contributed by atoms with Gasteiger partial charge in [0.15, 0.2) is 11.5 Å². The van der Waals surface area contributed by atoms with Crippen molar-refractivity contribution in [1.82, 2.24) is 5.32 Å². The van der Waals surface area contributed by atoms with Gasteiger partial charge in [-0.3, -0.25) is 0 Å². The molecule has 2 N–H and O–H groups in total. The van der Waals surface area contributed by atoms with E-state index in [1.807, 2.05) is 13.8 Å². The number of ether oxygens (including phenoxy) is 3. The van der Waals surface area contributed by atoms with Crippen molar-refractivity contribution >= 4 is 11.7 Å². The van der Waals surface area contributed by atoms with Gasteiger partial charge in [0.25, 0.3) is 0 Å². The Morgan fingerprint density at radius 3 is 2.71 bits per heavy atom. The molecule has 1 aliphatic heterocycles. The Morgan fingerprint density at radius 1 is 1.29 bits per heavy atom. The van der Waals surface area contributed by atoms with E-state index >= 15 is 0 Å². The molecule has 1 unspecified atom stereocenters. The second-order valence-corrected chi connectivity index (χ2v) is 4.63. The second kappa shape index (κ2) is 7.73. The van der Waals surface area contributed by atoms with Crippen LogP contribution >= 0.6 is 0 Å². The summed E-state index contributed by atoms with van der Waals surface area (Å²) in [4.78, 5) is 11.9. The summed E-state index contributed by atoms with van der Waals surface area (Å²) in [7, 11) is 0. The van der Waals surface area contributed by atoms with Gasteiger partial charge in [-0.05, 0) is 38.8 Å². The Balaban J connectivity index is 1.98. The van der Waals surface area contributed by atoms with Crippen LogP contribution in [-0.4, -0.2) is 32.1 Å². The van der Waals surface area contributed by atoms with Crippen LogP contribution < -0.4 is 20.1 Å². The number of carbonyl (C=O) groups is 1. The van der Waals surface area contributed by atoms with Gasteiger partial charge in [-0.2, -0.15) is 0 Å². The van der Waals surface area contributed by atoms with Crippen LogP contribution in [0.15, 0.2) is 18.2 Å². The minimum Gasteiger partial charge on any atom is -0.490 e. The SMILES string of the molecule is CCOc1ccc(NC(=O)NC2CCCO2)cc1OCC. The summed E-state index contributed by atoms with van der Waals surface area (Å²) in [5.74, 6) is 1.29. The molecule has 1 saturated heterocycles. The summed E-state index contributed by atoms with van der Waals surface area (Å²) in [5, 5.41) is 5.55. The third kappa shape index (κ3) is 4.53. The van der Waals surface area contributed by atoms with Crippen molar-refractivity contribution in [1.29, 1.82) is 0 Å². The summed E-state index contributed by atoms with van der Waals surface area (Å²) in [5.41, 5.74) is 0.650. The van der Waals surface area contributed by atoms with Crippen LogP contribution in [0.2, 0.25) is 0 Å². The molecular formula is C15H22N2O4. The Morgan fingerprint density at radius 2 is 2.05 bits per heavy atom. The van der Waals surface area contributed by atoms with E-state index in [1.54, 1.807) is 18.2 Å². The predicted molar refractivity (Wildman–Crippen MR) is 79.9 cm³/mol. The lowest BCUT2D eigenvalue weighted by molar-refractivity contribution is 0.0928. The van der Waals surface area contributed by atoms with E-state index in [-0.39, 0.29) is 12.3 Å². The van der Waals surface area contributed by atoms with Gasteiger partial charge in [0, 0.05) is 18.4 Å². The van der Waals surface area contributed by atoms with E-state index in [2.05, 4.69) is 10.6 Å². The van der Waals surface area contributed by atoms with Gasteiger partial charge in [0.05, 0.1) is 13.2 Å². The Hall–Kier alpha value is -1.95. The van der Waals surface area contributed by atoms with Crippen molar-refractivity contribution in [2.45, 2.75) is 32.9 Å². The number of hydrogen-bond donors (Lipinski definition) is 2. The zero-order chi connectivity index (χ0) is 15.1. The standard InChI is InChI=1S/C15H22N2O4/c1-3-19-12-8-7-11(10-13(12)20-4-2)16-15(18)17-14-6-5-9-21-14/h7-8,10,14H,3-6,9H2,1-2H3,(H2,16,17,18). The number of carbonyl (C=O) groups excluding carboxylic acids is 1. The lowest BCUT2D eigenvalue weighted by atomic mass is 10.2. The third-order valence-corrected chi connectivity index (χ3v) is 3.02. The lowest BCUT2D eigenvalue weighted by Gasteiger charge is -2.15. The van der Waals surface area contributed by atoms with Crippen molar-refractivity contribution in [2.24, 2.45) is 0 Å². The molecule has 1 atom stereocenters. The van der Waals surface area contributed by atoms with Gasteiger partial charge in [-0.15, -0.1) is 0 Å². The van der Waals surface area contributed by atoms with Gasteiger partial charge in [-0.25, -0.2) is 4.79 Å². The largest absolute Gasteiger partial charge is 0.490 e. The van der Waals surface area contributed by atoms with Gasteiger partial charge >= 0.3 is 6.03 Å². The van der Waals surface area contributed by atoms with Crippen molar-refractivity contribution in [3.8, 4) is 11.5 Å². The summed E-state index contributed by atoms with van der Waals surface area (Å²) in [6.45, 7) is 5.61.